The van der Waals surface area contributed by atoms with Gasteiger partial charge in [0.2, 0.25) is 5.95 Å². The lowest BCUT2D eigenvalue weighted by Crippen LogP contribution is -2.09. The fourth-order valence-corrected chi connectivity index (χ4v) is 3.27. The smallest absolute Gasteiger partial charge is 0.303 e. The maximum atomic E-state index is 13.2. The van der Waals surface area contributed by atoms with E-state index in [1.807, 2.05) is 24.3 Å². The molecule has 0 saturated carbocycles. The second-order valence-corrected chi connectivity index (χ2v) is 7.25. The van der Waals surface area contributed by atoms with Gasteiger partial charge in [0.05, 0.1) is 13.0 Å². The normalized spacial score (nSPS) is 11.6. The van der Waals surface area contributed by atoms with Crippen LogP contribution in [0, 0.1) is 5.82 Å². The number of nitrogens with zero attached hydrogens (tertiary/aromatic N) is 2. The summed E-state index contributed by atoms with van der Waals surface area (Å²) in [6, 6.07) is 15.5. The third-order valence-corrected chi connectivity index (χ3v) is 4.86. The van der Waals surface area contributed by atoms with Crippen LogP contribution >= 0.6 is 0 Å². The molecule has 0 aliphatic carbocycles. The largest absolute Gasteiger partial charge is 0.494 e. The van der Waals surface area contributed by atoms with E-state index >= 15 is 0 Å². The maximum Gasteiger partial charge on any atom is 0.303 e. The highest BCUT2D eigenvalue weighted by Gasteiger charge is 2.16. The minimum Gasteiger partial charge on any atom is -0.494 e. The first-order chi connectivity index (χ1) is 15.1. The molecule has 0 amide bonds. The number of anilines is 1. The number of nitrogens with one attached hydrogen (secondary N) is 1. The summed E-state index contributed by atoms with van der Waals surface area (Å²) in [5.41, 5.74) is 1.83. The zero-order chi connectivity index (χ0) is 21.9. The zero-order valence-corrected chi connectivity index (χ0v) is 17.2. The van der Waals surface area contributed by atoms with Gasteiger partial charge in [-0.3, -0.25) is 4.79 Å². The van der Waals surface area contributed by atoms with E-state index in [2.05, 4.69) is 15.3 Å². The summed E-state index contributed by atoms with van der Waals surface area (Å²) in [5, 5.41) is 12.4. The molecule has 3 rings (SSSR count). The van der Waals surface area contributed by atoms with Gasteiger partial charge in [0.25, 0.3) is 0 Å². The Morgan fingerprint density at radius 2 is 1.74 bits per heavy atom. The molecule has 1 aromatic heterocycles. The standard InChI is InChI=1S/C24H26FN3O3/c25-21-8-6-19(7-9-21)20(17-23(29)30)16-18-4-10-22(11-5-18)31-15-2-1-12-26-24-27-13-3-14-28-24/h3-11,13-14,20H,1-2,12,15-17H2,(H,29,30)(H,26,27,28). The Morgan fingerprint density at radius 3 is 2.42 bits per heavy atom. The molecule has 0 fully saturated rings. The van der Waals surface area contributed by atoms with Crippen molar-refractivity contribution in [3.8, 4) is 5.75 Å². The second kappa shape index (κ2) is 11.6. The monoisotopic (exact) mass is 423 g/mol. The number of rotatable bonds is 12. The topological polar surface area (TPSA) is 84.3 Å². The summed E-state index contributed by atoms with van der Waals surface area (Å²) in [4.78, 5) is 19.5. The van der Waals surface area contributed by atoms with Gasteiger partial charge in [-0.2, -0.15) is 0 Å². The van der Waals surface area contributed by atoms with Crippen molar-refractivity contribution < 1.29 is 19.0 Å². The third kappa shape index (κ3) is 7.70. The van der Waals surface area contributed by atoms with Crippen molar-refractivity contribution in [1.82, 2.24) is 9.97 Å². The Kier molecular flexibility index (Phi) is 8.34. The van der Waals surface area contributed by atoms with E-state index in [0.717, 1.165) is 36.3 Å². The first-order valence-electron chi connectivity index (χ1n) is 10.3. The SMILES string of the molecule is O=C(O)CC(Cc1ccc(OCCCCNc2ncccn2)cc1)c1ccc(F)cc1. The van der Waals surface area contributed by atoms with Crippen LogP contribution in [0.4, 0.5) is 10.3 Å². The van der Waals surface area contributed by atoms with Gasteiger partial charge in [0.1, 0.15) is 11.6 Å². The van der Waals surface area contributed by atoms with Crippen molar-refractivity contribution in [2.45, 2.75) is 31.6 Å². The van der Waals surface area contributed by atoms with Crippen molar-refractivity contribution in [3.63, 3.8) is 0 Å². The zero-order valence-electron chi connectivity index (χ0n) is 17.2. The van der Waals surface area contributed by atoms with E-state index in [9.17, 15) is 14.3 Å². The van der Waals surface area contributed by atoms with E-state index in [1.54, 1.807) is 30.6 Å². The number of benzene rings is 2. The number of hydrogen-bond donors (Lipinski definition) is 2. The van der Waals surface area contributed by atoms with Crippen molar-refractivity contribution in [2.24, 2.45) is 0 Å². The van der Waals surface area contributed by atoms with E-state index in [0.29, 0.717) is 19.0 Å². The molecule has 6 nitrogen and oxygen atoms in total. The Hall–Kier alpha value is -3.48. The summed E-state index contributed by atoms with van der Waals surface area (Å²) in [6.07, 6.45) is 5.78. The van der Waals surface area contributed by atoms with Crippen molar-refractivity contribution >= 4 is 11.9 Å². The van der Waals surface area contributed by atoms with Crippen LogP contribution in [0.1, 0.15) is 36.3 Å². The summed E-state index contributed by atoms with van der Waals surface area (Å²) in [5.74, 6) is -0.0161. The quantitative estimate of drug-likeness (QED) is 0.411. The van der Waals surface area contributed by atoms with Gasteiger partial charge in [-0.15, -0.1) is 0 Å². The van der Waals surface area contributed by atoms with Crippen molar-refractivity contribution in [3.05, 3.63) is 83.9 Å². The molecule has 2 aromatic carbocycles. The lowest BCUT2D eigenvalue weighted by molar-refractivity contribution is -0.137. The summed E-state index contributed by atoms with van der Waals surface area (Å²) in [7, 11) is 0. The molecule has 3 aromatic rings. The molecule has 0 aliphatic heterocycles. The number of unbranched alkanes of at least 4 members (excludes halogenated alkanes) is 1. The molecule has 31 heavy (non-hydrogen) atoms. The van der Waals surface area contributed by atoms with Crippen LogP contribution in [-0.2, 0) is 11.2 Å². The highest BCUT2D eigenvalue weighted by Crippen LogP contribution is 2.26. The molecule has 1 atom stereocenters. The molecule has 0 spiro atoms. The molecule has 0 bridgehead atoms. The van der Waals surface area contributed by atoms with Gasteiger partial charge in [0, 0.05) is 18.9 Å². The Bertz CT molecular complexity index is 935. The van der Waals surface area contributed by atoms with E-state index in [4.69, 9.17) is 4.74 Å². The fourth-order valence-electron chi connectivity index (χ4n) is 3.27. The van der Waals surface area contributed by atoms with Gasteiger partial charge in [-0.1, -0.05) is 24.3 Å². The van der Waals surface area contributed by atoms with Crippen molar-refractivity contribution in [1.29, 1.82) is 0 Å². The molecule has 2 N–H and O–H groups in total. The summed E-state index contributed by atoms with van der Waals surface area (Å²) >= 11 is 0. The van der Waals surface area contributed by atoms with E-state index in [1.165, 1.54) is 12.1 Å². The van der Waals surface area contributed by atoms with Crippen LogP contribution in [-0.4, -0.2) is 34.2 Å². The molecule has 1 heterocycles. The van der Waals surface area contributed by atoms with Crippen LogP contribution < -0.4 is 10.1 Å². The maximum absolute atomic E-state index is 13.2. The number of ether oxygens (including phenoxy) is 1. The first kappa shape index (κ1) is 22.2. The van der Waals surface area contributed by atoms with Crippen molar-refractivity contribution in [2.75, 3.05) is 18.5 Å². The number of carboxylic acids is 1. The molecule has 162 valence electrons. The number of carboxylic acid groups (broad SMARTS) is 1. The minimum absolute atomic E-state index is 0.00800. The van der Waals surface area contributed by atoms with Gasteiger partial charge in [-0.25, -0.2) is 14.4 Å². The average molecular weight is 423 g/mol. The second-order valence-electron chi connectivity index (χ2n) is 7.25. The number of aliphatic carboxylic acids is 1. The fraction of sp³-hybridized carbons (Fsp3) is 0.292. The highest BCUT2D eigenvalue weighted by molar-refractivity contribution is 5.68. The molecule has 0 aliphatic rings. The number of halogens is 1. The third-order valence-electron chi connectivity index (χ3n) is 4.86. The molecule has 1 unspecified atom stereocenters. The Morgan fingerprint density at radius 1 is 1.03 bits per heavy atom. The molecule has 0 saturated heterocycles. The highest BCUT2D eigenvalue weighted by atomic mass is 19.1. The Labute approximate surface area is 181 Å². The number of carbonyl (C=O) groups is 1. The van der Waals surface area contributed by atoms with E-state index in [-0.39, 0.29) is 18.2 Å². The first-order valence-corrected chi connectivity index (χ1v) is 10.3. The summed E-state index contributed by atoms with van der Waals surface area (Å²) in [6.45, 7) is 1.38. The predicted molar refractivity (Wildman–Crippen MR) is 117 cm³/mol. The lowest BCUT2D eigenvalue weighted by atomic mass is 9.89. The number of hydrogen-bond acceptors (Lipinski definition) is 5. The molecule has 7 heteroatoms. The summed E-state index contributed by atoms with van der Waals surface area (Å²) < 4.78 is 19.0. The van der Waals surface area contributed by atoms with Crippen LogP contribution in [0.5, 0.6) is 5.75 Å². The van der Waals surface area contributed by atoms with Crippen LogP contribution in [0.2, 0.25) is 0 Å². The minimum atomic E-state index is -0.873. The van der Waals surface area contributed by atoms with E-state index < -0.39 is 5.97 Å². The number of aromatic nitrogens is 2. The van der Waals surface area contributed by atoms with Gasteiger partial charge in [-0.05, 0) is 66.6 Å². The Balaban J connectivity index is 1.44. The molecular weight excluding hydrogens is 397 g/mol. The lowest BCUT2D eigenvalue weighted by Gasteiger charge is -2.16. The van der Waals surface area contributed by atoms with Gasteiger partial charge >= 0.3 is 5.97 Å². The predicted octanol–water partition coefficient (Wildman–Crippen LogP) is 4.69. The van der Waals surface area contributed by atoms with Crippen LogP contribution in [0.25, 0.3) is 0 Å². The van der Waals surface area contributed by atoms with Gasteiger partial charge in [0.15, 0.2) is 0 Å². The van der Waals surface area contributed by atoms with Crippen LogP contribution in [0.3, 0.4) is 0 Å². The average Bonchev–Trinajstić information content (AvgIpc) is 2.78. The van der Waals surface area contributed by atoms with Crippen LogP contribution in [0.15, 0.2) is 67.0 Å². The van der Waals surface area contributed by atoms with Gasteiger partial charge < -0.3 is 15.2 Å². The molecule has 0 radical (unpaired) electrons. The molecular formula is C24H26FN3O3.